The zero-order valence-electron chi connectivity index (χ0n) is 23.4. The molecule has 0 aliphatic carbocycles. The van der Waals surface area contributed by atoms with E-state index in [1.807, 2.05) is 36.4 Å². The predicted molar refractivity (Wildman–Crippen MR) is 150 cm³/mol. The zero-order valence-corrected chi connectivity index (χ0v) is 23.4. The maximum absolute atomic E-state index is 13.1. The summed E-state index contributed by atoms with van der Waals surface area (Å²) in [6.45, 7) is 6.60. The van der Waals surface area contributed by atoms with Gasteiger partial charge < -0.3 is 19.2 Å². The van der Waals surface area contributed by atoms with Crippen molar-refractivity contribution in [3.63, 3.8) is 0 Å². The van der Waals surface area contributed by atoms with Gasteiger partial charge in [0, 0.05) is 20.1 Å². The Kier molecular flexibility index (Phi) is 8.95. The number of carbonyl (C=O) groups is 2. The number of methoxy groups -OCH3 is 1. The van der Waals surface area contributed by atoms with Gasteiger partial charge in [0.1, 0.15) is 17.7 Å². The molecule has 2 aromatic carbocycles. The average molecular weight is 549 g/mol. The molecule has 1 aromatic heterocycles. The smallest absolute Gasteiger partial charge is 0.420 e. The van der Waals surface area contributed by atoms with Crippen molar-refractivity contribution in [1.29, 1.82) is 5.26 Å². The number of rotatable bonds is 8. The van der Waals surface area contributed by atoms with Crippen LogP contribution < -0.4 is 11.1 Å². The number of hydrogen-bond acceptors (Lipinski definition) is 7. The maximum Gasteiger partial charge on any atom is 0.420 e. The molecule has 1 aliphatic rings. The summed E-state index contributed by atoms with van der Waals surface area (Å²) in [5.74, 6) is -0.770. The largest absolute Gasteiger partial charge is 0.444 e. The van der Waals surface area contributed by atoms with Crippen molar-refractivity contribution in [2.24, 2.45) is 0 Å². The van der Waals surface area contributed by atoms with Crippen molar-refractivity contribution in [1.82, 2.24) is 14.8 Å². The fourth-order valence-corrected chi connectivity index (χ4v) is 4.85. The van der Waals surface area contributed by atoms with E-state index in [1.54, 1.807) is 38.5 Å². The Morgan fingerprint density at radius 1 is 1.15 bits per heavy atom. The van der Waals surface area contributed by atoms with Gasteiger partial charge in [0.05, 0.1) is 24.7 Å². The molecule has 0 saturated carbocycles. The van der Waals surface area contributed by atoms with Crippen molar-refractivity contribution in [2.75, 3.05) is 20.3 Å². The number of hydrogen-bond donors (Lipinski definition) is 1. The number of amides is 2. The number of aromatic nitrogens is 1. The van der Waals surface area contributed by atoms with Crippen LogP contribution in [-0.4, -0.2) is 59.4 Å². The van der Waals surface area contributed by atoms with Gasteiger partial charge in [-0.25, -0.2) is 9.59 Å². The van der Waals surface area contributed by atoms with Crippen LogP contribution in [0.25, 0.3) is 22.2 Å². The summed E-state index contributed by atoms with van der Waals surface area (Å²) in [4.78, 5) is 39.5. The molecule has 1 fully saturated rings. The average Bonchev–Trinajstić information content (AvgIpc) is 3.24. The molecule has 0 radical (unpaired) electrons. The number of likely N-dealkylation sites (tertiary alicyclic amines) is 1. The molecule has 10 nitrogen and oxygen atoms in total. The van der Waals surface area contributed by atoms with Gasteiger partial charge in [-0.15, -0.1) is 0 Å². The van der Waals surface area contributed by atoms with Crippen LogP contribution in [0.5, 0.6) is 0 Å². The van der Waals surface area contributed by atoms with Crippen LogP contribution in [0.15, 0.2) is 51.7 Å². The van der Waals surface area contributed by atoms with Gasteiger partial charge in [-0.1, -0.05) is 30.3 Å². The minimum absolute atomic E-state index is 0.318. The van der Waals surface area contributed by atoms with Crippen LogP contribution >= 0.6 is 0 Å². The first-order valence-corrected chi connectivity index (χ1v) is 13.5. The standard InChI is InChI=1S/C30H36N4O6/c1-30(2,3)40-29(37)33-14-6-5-7-24(33)27(35)32-23(19-31)17-20-8-10-21(11-9-20)22-12-13-26-25(18-22)34(15-16-38-4)28(36)39-26/h8-13,18,23-24H,5-7,14-17H2,1-4H3,(H,32,35)/t23-,24?/m0/s1. The van der Waals surface area contributed by atoms with E-state index < -0.39 is 29.5 Å². The van der Waals surface area contributed by atoms with E-state index in [4.69, 9.17) is 13.9 Å². The minimum Gasteiger partial charge on any atom is -0.444 e. The Hall–Kier alpha value is -4.10. The summed E-state index contributed by atoms with van der Waals surface area (Å²) in [5.41, 5.74) is 3.27. The van der Waals surface area contributed by atoms with Crippen LogP contribution in [0.2, 0.25) is 0 Å². The molecule has 40 heavy (non-hydrogen) atoms. The third-order valence-corrected chi connectivity index (χ3v) is 6.82. The highest BCUT2D eigenvalue weighted by molar-refractivity contribution is 5.86. The van der Waals surface area contributed by atoms with Crippen LogP contribution in [0.3, 0.4) is 0 Å². The summed E-state index contributed by atoms with van der Waals surface area (Å²) in [7, 11) is 1.58. The first kappa shape index (κ1) is 28.9. The molecular weight excluding hydrogens is 512 g/mol. The Labute approximate surface area is 233 Å². The molecule has 10 heteroatoms. The molecule has 0 spiro atoms. The van der Waals surface area contributed by atoms with Crippen molar-refractivity contribution >= 4 is 23.1 Å². The lowest BCUT2D eigenvalue weighted by molar-refractivity contribution is -0.128. The number of benzene rings is 2. The lowest BCUT2D eigenvalue weighted by Crippen LogP contribution is -2.54. The first-order chi connectivity index (χ1) is 19.1. The highest BCUT2D eigenvalue weighted by Gasteiger charge is 2.35. The second-order valence-corrected chi connectivity index (χ2v) is 11.0. The van der Waals surface area contributed by atoms with Gasteiger partial charge in [0.2, 0.25) is 5.91 Å². The van der Waals surface area contributed by atoms with E-state index in [-0.39, 0.29) is 5.91 Å². The van der Waals surface area contributed by atoms with Crippen LogP contribution in [0.4, 0.5) is 4.79 Å². The monoisotopic (exact) mass is 548 g/mol. The van der Waals surface area contributed by atoms with Gasteiger partial charge in [-0.3, -0.25) is 14.3 Å². The van der Waals surface area contributed by atoms with E-state index >= 15 is 0 Å². The van der Waals surface area contributed by atoms with E-state index in [0.717, 1.165) is 29.5 Å². The fourth-order valence-electron chi connectivity index (χ4n) is 4.85. The highest BCUT2D eigenvalue weighted by atomic mass is 16.6. The van der Waals surface area contributed by atoms with Gasteiger partial charge in [0.25, 0.3) is 0 Å². The number of fused-ring (bicyclic) bond motifs is 1. The molecule has 0 bridgehead atoms. The Morgan fingerprint density at radius 2 is 1.88 bits per heavy atom. The summed E-state index contributed by atoms with van der Waals surface area (Å²) >= 11 is 0. The molecule has 4 rings (SSSR count). The number of oxazole rings is 1. The number of nitriles is 1. The van der Waals surface area contributed by atoms with Crippen molar-refractivity contribution in [2.45, 2.75) is 70.7 Å². The molecule has 1 aliphatic heterocycles. The highest BCUT2D eigenvalue weighted by Crippen LogP contribution is 2.25. The third-order valence-electron chi connectivity index (χ3n) is 6.82. The Balaban J connectivity index is 1.43. The molecule has 1 saturated heterocycles. The molecular formula is C30H36N4O6. The number of nitrogens with zero attached hydrogens (tertiary/aromatic N) is 3. The van der Waals surface area contributed by atoms with Gasteiger partial charge in [0.15, 0.2) is 5.58 Å². The molecule has 2 atom stereocenters. The normalized spacial score (nSPS) is 16.4. The predicted octanol–water partition coefficient (Wildman–Crippen LogP) is 4.25. The molecule has 3 aromatic rings. The van der Waals surface area contributed by atoms with E-state index in [1.165, 1.54) is 4.90 Å². The van der Waals surface area contributed by atoms with Crippen molar-refractivity contribution in [3.05, 3.63) is 58.6 Å². The van der Waals surface area contributed by atoms with Crippen LogP contribution in [0.1, 0.15) is 45.6 Å². The van der Waals surface area contributed by atoms with Crippen molar-refractivity contribution < 1.29 is 23.5 Å². The first-order valence-electron chi connectivity index (χ1n) is 13.5. The topological polar surface area (TPSA) is 127 Å². The summed E-state index contributed by atoms with van der Waals surface area (Å²) in [5, 5.41) is 12.6. The lowest BCUT2D eigenvalue weighted by atomic mass is 9.99. The summed E-state index contributed by atoms with van der Waals surface area (Å²) in [6, 6.07) is 14.0. The summed E-state index contributed by atoms with van der Waals surface area (Å²) in [6.07, 6.45) is 1.96. The number of ether oxygens (including phenoxy) is 2. The maximum atomic E-state index is 13.1. The second kappa shape index (κ2) is 12.4. The zero-order chi connectivity index (χ0) is 28.9. The Bertz CT molecular complexity index is 1440. The number of nitrogens with one attached hydrogen (secondary N) is 1. The summed E-state index contributed by atoms with van der Waals surface area (Å²) < 4.78 is 17.5. The van der Waals surface area contributed by atoms with Crippen LogP contribution in [0, 0.1) is 11.3 Å². The molecule has 212 valence electrons. The van der Waals surface area contributed by atoms with E-state index in [9.17, 15) is 19.6 Å². The second-order valence-electron chi connectivity index (χ2n) is 11.0. The lowest BCUT2D eigenvalue weighted by Gasteiger charge is -2.36. The third kappa shape index (κ3) is 6.90. The SMILES string of the molecule is COCCn1c(=O)oc2ccc(-c3ccc(C[C@@H](C#N)NC(=O)C4CCCCN4C(=O)OC(C)(C)C)cc3)cc21. The molecule has 2 amide bonds. The van der Waals surface area contributed by atoms with E-state index in [2.05, 4.69) is 11.4 Å². The molecule has 1 unspecified atom stereocenters. The van der Waals surface area contributed by atoms with Gasteiger partial charge in [-0.2, -0.15) is 5.26 Å². The van der Waals surface area contributed by atoms with Gasteiger partial charge in [-0.05, 0) is 68.9 Å². The van der Waals surface area contributed by atoms with E-state index in [0.29, 0.717) is 43.6 Å². The van der Waals surface area contributed by atoms with Gasteiger partial charge >= 0.3 is 11.8 Å². The van der Waals surface area contributed by atoms with Crippen LogP contribution in [-0.2, 0) is 27.2 Å². The fraction of sp³-hybridized carbons (Fsp3) is 0.467. The Morgan fingerprint density at radius 3 is 2.55 bits per heavy atom. The molecule has 1 N–H and O–H groups in total. The number of carbonyl (C=O) groups excluding carboxylic acids is 2. The number of piperidine rings is 1. The molecule has 2 heterocycles. The van der Waals surface area contributed by atoms with Crippen molar-refractivity contribution in [3.8, 4) is 17.2 Å². The quantitative estimate of drug-likeness (QED) is 0.446. The minimum atomic E-state index is -0.752.